The molecule has 98 heavy (non-hydrogen) atoms. The van der Waals surface area contributed by atoms with Crippen LogP contribution in [0.4, 0.5) is 0 Å². The summed E-state index contributed by atoms with van der Waals surface area (Å²) in [4.78, 5) is 92.1. The van der Waals surface area contributed by atoms with Crippen LogP contribution in [0.25, 0.3) is 10.9 Å². The highest BCUT2D eigenvalue weighted by Gasteiger charge is 2.26. The molecule has 7 unspecified atom stereocenters. The van der Waals surface area contributed by atoms with Crippen LogP contribution in [-0.4, -0.2) is 177 Å². The van der Waals surface area contributed by atoms with Crippen molar-refractivity contribution in [3.05, 3.63) is 36.0 Å². The summed E-state index contributed by atoms with van der Waals surface area (Å²) in [5.74, 6) is -2.17. The number of para-hydroxylation sites is 1. The lowest BCUT2D eigenvalue weighted by molar-refractivity contribution is -0.151. The number of aromatic nitrogens is 1. The average molecular weight is 1440 g/mol. The molecule has 0 fully saturated rings. The number of aliphatic hydroxyl groups is 1. The normalized spacial score (nSPS) is 13.8. The molecule has 0 spiro atoms. The largest absolute Gasteiger partial charge is 0.464 e. The van der Waals surface area contributed by atoms with Gasteiger partial charge in [0.25, 0.3) is 0 Å². The first-order valence-electron chi connectivity index (χ1n) is 33.1. The Bertz CT molecular complexity index is 2540. The monoisotopic (exact) mass is 1440 g/mol. The number of benzene rings is 1. The predicted octanol–water partition coefficient (Wildman–Crippen LogP) is 6.74. The van der Waals surface area contributed by atoms with Crippen molar-refractivity contribution >= 4 is 83.0 Å². The Morgan fingerprint density at radius 3 is 1.16 bits per heavy atom. The van der Waals surface area contributed by atoms with Gasteiger partial charge >= 0.3 is 41.8 Å². The summed E-state index contributed by atoms with van der Waals surface area (Å²) in [6, 6.07) is 3.88. The van der Waals surface area contributed by atoms with Crippen LogP contribution in [0, 0.1) is 37.9 Å². The number of esters is 7. The second kappa shape index (κ2) is 51.1. The molecule has 2 aromatic rings. The lowest BCUT2D eigenvalue weighted by atomic mass is 9.98. The third-order valence-electron chi connectivity index (χ3n) is 11.4. The third-order valence-corrected chi connectivity index (χ3v) is 12.4. The molecular formula is C70H136N10O16S2. The molecule has 0 radical (unpaired) electrons. The molecule has 2 rings (SSSR count). The lowest BCUT2D eigenvalue weighted by Crippen LogP contribution is -2.42. The van der Waals surface area contributed by atoms with E-state index in [0.29, 0.717) is 71.2 Å². The van der Waals surface area contributed by atoms with Gasteiger partial charge in [0.15, 0.2) is 0 Å². The standard InChI is InChI=1S/C16H22N2O2.C11H24N2O2.C10H21NO2S.C9H18N2O3.C9H19NO3.C8H17NO2S.C7H15NO2/c1-16(2,3)10-20-15(19)13(17)8-11-9-18-14-7-5-4-6-12(11)14;1-11(2,3)8-15-10(14)9(13)6-4-5-7-12;1-10(2,3)7-13-9(12)8(11)5-6-14-4;1-9(2,3)5-14-8(13)6(10)4-7(11)12;1-6(11)7(10)8(12)13-5-9(2,3)4;1-8(2,3)5-11-7(10)6(9)4-12;1-7(2,3)5-10-6(9)4-8/h4-7,9,13,18H,8,10,17H2,1-3H3;9H,4-8,12-13H2,1-3H3;8H,5-7,11H2,1-4H3;6H,4-5,10H2,1-3H3,(H2,11,12);6-7,11H,5,10H2,1-4H3;6,12H,4-5,9H2,1-3H3;4-5,8H2,1-3H3. The van der Waals surface area contributed by atoms with Gasteiger partial charge in [0.1, 0.15) is 36.3 Å². The fraction of sp³-hybridized carbons (Fsp3) is 0.771. The minimum atomic E-state index is -0.949. The number of hydrogen-bond donors (Lipinski definition) is 12. The van der Waals surface area contributed by atoms with E-state index in [0.717, 1.165) is 35.1 Å². The van der Waals surface area contributed by atoms with E-state index in [2.05, 4.69) is 17.6 Å². The minimum absolute atomic E-state index is 0.00730. The van der Waals surface area contributed by atoms with Gasteiger partial charge in [-0.15, -0.1) is 0 Å². The summed E-state index contributed by atoms with van der Waals surface area (Å²) >= 11 is 5.58. The Hall–Kier alpha value is -5.14. The summed E-state index contributed by atoms with van der Waals surface area (Å²) in [5, 5.41) is 10.1. The SMILES string of the molecule is CC(C)(C)COC(=O)C(N)CC(N)=O.CC(C)(C)COC(=O)C(N)CCCCN.CC(C)(C)COC(=O)C(N)CS.CC(C)(C)COC(=O)C(N)Cc1c[nH]c2ccccc12.CC(C)(C)COC(=O)CN.CC(O)C(N)C(=O)OCC(C)(C)C.CSCCC(N)C(=O)OCC(C)(C)C. The zero-order valence-electron chi connectivity index (χ0n) is 64.1. The summed E-state index contributed by atoms with van der Waals surface area (Å²) in [6.45, 7) is 46.5. The zero-order chi connectivity index (χ0) is 77.8. The van der Waals surface area contributed by atoms with Crippen LogP contribution in [0.2, 0.25) is 0 Å². The third kappa shape index (κ3) is 65.5. The van der Waals surface area contributed by atoms with E-state index in [-0.39, 0.29) is 87.3 Å². The summed E-state index contributed by atoms with van der Waals surface area (Å²) < 4.78 is 35.0. The van der Waals surface area contributed by atoms with Crippen molar-refractivity contribution < 1.29 is 76.6 Å². The number of amides is 1. The van der Waals surface area contributed by atoms with E-state index >= 15 is 0 Å². The molecule has 1 aromatic carbocycles. The molecule has 0 bridgehead atoms. The van der Waals surface area contributed by atoms with Gasteiger partial charge in [-0.05, 0) is 94.3 Å². The van der Waals surface area contributed by atoms with Crippen molar-refractivity contribution in [1.29, 1.82) is 0 Å². The van der Waals surface area contributed by atoms with Crippen LogP contribution >= 0.6 is 24.4 Å². The molecule has 1 aromatic heterocycles. The van der Waals surface area contributed by atoms with Gasteiger partial charge in [-0.2, -0.15) is 24.4 Å². The molecule has 1 heterocycles. The fourth-order valence-electron chi connectivity index (χ4n) is 5.89. The number of aliphatic hydroxyl groups excluding tert-OH is 1. The number of nitrogens with one attached hydrogen (secondary N) is 1. The maximum atomic E-state index is 11.9. The quantitative estimate of drug-likeness (QED) is 0.0190. The Morgan fingerprint density at radius 2 is 0.827 bits per heavy atom. The number of thioether (sulfide) groups is 1. The number of H-pyrrole nitrogens is 1. The molecule has 574 valence electrons. The maximum absolute atomic E-state index is 11.9. The number of carbonyl (C=O) groups excluding carboxylic acids is 8. The van der Waals surface area contributed by atoms with Crippen molar-refractivity contribution in [3.8, 4) is 0 Å². The first-order chi connectivity index (χ1) is 44.4. The van der Waals surface area contributed by atoms with Crippen molar-refractivity contribution in [1.82, 2.24) is 4.98 Å². The average Bonchev–Trinajstić information content (AvgIpc) is 1.68. The number of thiol groups is 1. The van der Waals surface area contributed by atoms with Gasteiger partial charge in [0, 0.05) is 29.3 Å². The molecule has 20 N–H and O–H groups in total. The van der Waals surface area contributed by atoms with Gasteiger partial charge in [0.05, 0.1) is 65.3 Å². The number of rotatable bonds is 27. The van der Waals surface area contributed by atoms with E-state index in [1.54, 1.807) is 11.8 Å². The lowest BCUT2D eigenvalue weighted by Gasteiger charge is -2.20. The molecule has 0 aliphatic heterocycles. The van der Waals surface area contributed by atoms with E-state index in [1.807, 2.05) is 182 Å². The van der Waals surface area contributed by atoms with E-state index in [1.165, 1.54) is 6.92 Å². The second-order valence-corrected chi connectivity index (χ2v) is 33.6. The fourth-order valence-corrected chi connectivity index (χ4v) is 6.53. The molecule has 28 heteroatoms. The number of hydrogen-bond acceptors (Lipinski definition) is 26. The summed E-state index contributed by atoms with van der Waals surface area (Å²) in [6.07, 6.45) is 6.45. The Kier molecular flexibility index (Phi) is 52.9. The van der Waals surface area contributed by atoms with Gasteiger partial charge in [-0.25, -0.2) is 0 Å². The first kappa shape index (κ1) is 102. The van der Waals surface area contributed by atoms with Crippen molar-refractivity contribution in [2.24, 2.45) is 89.5 Å². The number of fused-ring (bicyclic) bond motifs is 1. The van der Waals surface area contributed by atoms with Crippen molar-refractivity contribution in [2.45, 2.75) is 233 Å². The van der Waals surface area contributed by atoms with Gasteiger partial charge in [0.2, 0.25) is 5.91 Å². The highest BCUT2D eigenvalue weighted by Crippen LogP contribution is 2.21. The second-order valence-electron chi connectivity index (χ2n) is 32.2. The predicted molar refractivity (Wildman–Crippen MR) is 397 cm³/mol. The van der Waals surface area contributed by atoms with Crippen LogP contribution in [0.15, 0.2) is 30.5 Å². The topological polar surface area (TPSA) is 471 Å². The smallest absolute Gasteiger partial charge is 0.325 e. The minimum Gasteiger partial charge on any atom is -0.464 e. The molecule has 7 atom stereocenters. The van der Waals surface area contributed by atoms with Gasteiger partial charge in [-0.3, -0.25) is 38.4 Å². The van der Waals surface area contributed by atoms with Gasteiger partial charge in [-0.1, -0.05) is 170 Å². The number of primary amides is 1. The number of unbranched alkanes of at least 4 members (excludes halogenated alkanes) is 1. The highest BCUT2D eigenvalue weighted by molar-refractivity contribution is 7.98. The van der Waals surface area contributed by atoms with Crippen molar-refractivity contribution in [3.63, 3.8) is 0 Å². The molecule has 0 saturated carbocycles. The number of carbonyl (C=O) groups is 8. The Morgan fingerprint density at radius 1 is 0.490 bits per heavy atom. The molecule has 1 amide bonds. The van der Waals surface area contributed by atoms with Crippen LogP contribution in [0.3, 0.4) is 0 Å². The van der Waals surface area contributed by atoms with Crippen LogP contribution in [0.5, 0.6) is 0 Å². The van der Waals surface area contributed by atoms with E-state index in [4.69, 9.17) is 89.9 Å². The van der Waals surface area contributed by atoms with Crippen LogP contribution < -0.4 is 51.6 Å². The number of ether oxygens (including phenoxy) is 7. The van der Waals surface area contributed by atoms with E-state index in [9.17, 15) is 38.4 Å². The van der Waals surface area contributed by atoms with E-state index < -0.39 is 60.2 Å². The van der Waals surface area contributed by atoms with Crippen molar-refractivity contribution in [2.75, 3.05) is 77.1 Å². The molecule has 26 nitrogen and oxygen atoms in total. The number of aromatic amines is 1. The van der Waals surface area contributed by atoms with Gasteiger partial charge < -0.3 is 94.9 Å². The Labute approximate surface area is 597 Å². The number of nitrogens with two attached hydrogens (primary N) is 9. The Balaban J connectivity index is -0.000000347. The van der Waals surface area contributed by atoms with Crippen LogP contribution in [-0.2, 0) is 77.9 Å². The molecular weight excluding hydrogens is 1300 g/mol. The zero-order valence-corrected chi connectivity index (χ0v) is 65.8. The molecule has 0 saturated heterocycles. The summed E-state index contributed by atoms with van der Waals surface area (Å²) in [5.41, 5.74) is 50.5. The maximum Gasteiger partial charge on any atom is 0.325 e. The summed E-state index contributed by atoms with van der Waals surface area (Å²) in [7, 11) is 0. The molecule has 0 aliphatic carbocycles. The molecule has 0 aliphatic rings. The van der Waals surface area contributed by atoms with Crippen LogP contribution in [0.1, 0.15) is 190 Å². The first-order valence-corrected chi connectivity index (χ1v) is 35.1. The highest BCUT2D eigenvalue weighted by atomic mass is 32.2.